The number of alkyl halides is 3. The molecule has 0 unspecified atom stereocenters. The second-order valence-electron chi connectivity index (χ2n) is 6.09. The molecule has 0 saturated heterocycles. The Morgan fingerprint density at radius 3 is 2.25 bits per heavy atom. The van der Waals surface area contributed by atoms with Gasteiger partial charge >= 0.3 is 11.2 Å². The molecule has 0 atom stereocenters. The monoisotopic (exact) mass is 516 g/mol. The molecule has 2 rings (SSSR count). The highest BCUT2D eigenvalue weighted by atomic mass is 35.5. The van der Waals surface area contributed by atoms with Crippen molar-refractivity contribution in [2.24, 2.45) is 0 Å². The third kappa shape index (κ3) is 5.66. The molecule has 32 heavy (non-hydrogen) atoms. The molecule has 0 fully saturated rings. The smallest absolute Gasteiger partial charge is 0.477 e. The van der Waals surface area contributed by atoms with Gasteiger partial charge in [0.15, 0.2) is 22.2 Å². The first-order chi connectivity index (χ1) is 14.5. The second kappa shape index (κ2) is 8.91. The number of ether oxygens (including phenoxy) is 1. The van der Waals surface area contributed by atoms with Crippen LogP contribution in [0.25, 0.3) is 0 Å². The van der Waals surface area contributed by atoms with Gasteiger partial charge in [-0.25, -0.2) is 16.8 Å². The molecule has 1 amide bonds. The molecule has 0 bridgehead atoms. The van der Waals surface area contributed by atoms with Gasteiger partial charge in [0, 0.05) is 12.3 Å². The summed E-state index contributed by atoms with van der Waals surface area (Å²) in [5.74, 6) is -1.51. The quantitative estimate of drug-likeness (QED) is 0.436. The molecule has 174 valence electrons. The average Bonchev–Trinajstić information content (AvgIpc) is 2.66. The summed E-state index contributed by atoms with van der Waals surface area (Å²) in [6.45, 7) is -0.897. The van der Waals surface area contributed by atoms with E-state index in [1.165, 1.54) is 0 Å². The zero-order chi connectivity index (χ0) is 24.5. The lowest BCUT2D eigenvalue weighted by atomic mass is 10.3. The minimum absolute atomic E-state index is 0.289. The summed E-state index contributed by atoms with van der Waals surface area (Å²) in [5, 5.41) is 12.9. The van der Waals surface area contributed by atoms with Crippen LogP contribution in [-0.4, -0.2) is 46.0 Å². The molecule has 0 saturated carbocycles. The second-order valence-corrected chi connectivity index (χ2v) is 10.5. The predicted molar refractivity (Wildman–Crippen MR) is 105 cm³/mol. The van der Waals surface area contributed by atoms with E-state index in [0.29, 0.717) is 12.1 Å². The largest absolute Gasteiger partial charge is 0.501 e. The molecule has 0 radical (unpaired) electrons. The summed E-state index contributed by atoms with van der Waals surface area (Å²) in [6.07, 6.45) is 0.830. The Bertz CT molecular complexity index is 1290. The van der Waals surface area contributed by atoms with Crippen molar-refractivity contribution in [1.29, 1.82) is 0 Å². The van der Waals surface area contributed by atoms with Crippen molar-refractivity contribution < 1.29 is 44.5 Å². The van der Waals surface area contributed by atoms with Crippen LogP contribution in [0.4, 0.5) is 24.5 Å². The highest BCUT2D eigenvalue weighted by Gasteiger charge is 2.47. The maximum Gasteiger partial charge on any atom is 0.501 e. The lowest BCUT2D eigenvalue weighted by Gasteiger charge is -2.12. The van der Waals surface area contributed by atoms with Crippen LogP contribution < -0.4 is 10.1 Å². The fraction of sp³-hybridized carbons (Fsp3) is 0.188. The van der Waals surface area contributed by atoms with Crippen LogP contribution in [-0.2, 0) is 24.5 Å². The summed E-state index contributed by atoms with van der Waals surface area (Å²) in [4.78, 5) is 20.8. The Morgan fingerprint density at radius 2 is 1.72 bits per heavy atom. The Hall–Kier alpha value is -2.91. The van der Waals surface area contributed by atoms with Crippen molar-refractivity contribution in [3.05, 3.63) is 51.5 Å². The SMILES string of the molecule is CS(=O)(=O)c1ccc(OCC(=O)Nc2cc(S(=O)(=O)C(F)(F)F)ccc2Cl)c([N+](=O)[O-])c1. The van der Waals surface area contributed by atoms with Gasteiger partial charge in [-0.15, -0.1) is 0 Å². The van der Waals surface area contributed by atoms with Gasteiger partial charge in [0.05, 0.1) is 25.4 Å². The van der Waals surface area contributed by atoms with Crippen LogP contribution in [0.15, 0.2) is 46.2 Å². The molecule has 0 aliphatic carbocycles. The number of anilines is 1. The van der Waals surface area contributed by atoms with E-state index in [4.69, 9.17) is 16.3 Å². The lowest BCUT2D eigenvalue weighted by Crippen LogP contribution is -2.24. The number of sulfone groups is 2. The van der Waals surface area contributed by atoms with Crippen molar-refractivity contribution in [3.8, 4) is 5.75 Å². The van der Waals surface area contributed by atoms with Gasteiger partial charge < -0.3 is 10.1 Å². The molecule has 16 heteroatoms. The zero-order valence-corrected chi connectivity index (χ0v) is 18.1. The average molecular weight is 517 g/mol. The molecular weight excluding hydrogens is 505 g/mol. The Kier molecular flexibility index (Phi) is 7.06. The van der Waals surface area contributed by atoms with E-state index in [0.717, 1.165) is 30.5 Å². The van der Waals surface area contributed by atoms with Crippen LogP contribution in [0.1, 0.15) is 0 Å². The first-order valence-electron chi connectivity index (χ1n) is 8.06. The number of benzene rings is 2. The van der Waals surface area contributed by atoms with Crippen LogP contribution in [0, 0.1) is 10.1 Å². The molecule has 2 aromatic carbocycles. The molecule has 0 heterocycles. The highest BCUT2D eigenvalue weighted by Crippen LogP contribution is 2.34. The number of nitro benzene ring substituents is 1. The maximum atomic E-state index is 12.7. The van der Waals surface area contributed by atoms with E-state index in [1.54, 1.807) is 0 Å². The number of hydrogen-bond acceptors (Lipinski definition) is 8. The molecule has 0 spiro atoms. The first kappa shape index (κ1) is 25.4. The topological polar surface area (TPSA) is 150 Å². The van der Waals surface area contributed by atoms with Crippen molar-refractivity contribution in [2.75, 3.05) is 18.2 Å². The molecule has 0 aliphatic heterocycles. The predicted octanol–water partition coefficient (Wildman–Crippen LogP) is 2.96. The fourth-order valence-electron chi connectivity index (χ4n) is 2.22. The number of nitrogens with zero attached hydrogens (tertiary/aromatic N) is 1. The third-order valence-corrected chi connectivity index (χ3v) is 6.66. The number of hydrogen-bond donors (Lipinski definition) is 1. The van der Waals surface area contributed by atoms with Crippen LogP contribution in [0.3, 0.4) is 0 Å². The highest BCUT2D eigenvalue weighted by molar-refractivity contribution is 7.92. The van der Waals surface area contributed by atoms with Gasteiger partial charge in [0.1, 0.15) is 0 Å². The standard InChI is InChI=1S/C16H12ClF3N2O8S2/c1-31(26,27)9-3-5-14(13(7-9)22(24)25)30-8-15(23)21-12-6-10(2-4-11(12)17)32(28,29)16(18,19)20/h2-7H,8H2,1H3,(H,21,23). The first-order valence-corrected chi connectivity index (χ1v) is 11.8. The Balaban J connectivity index is 2.23. The summed E-state index contributed by atoms with van der Waals surface area (Å²) >= 11 is 5.77. The van der Waals surface area contributed by atoms with Gasteiger partial charge in [0.25, 0.3) is 15.7 Å². The fourth-order valence-corrected chi connectivity index (χ4v) is 3.82. The van der Waals surface area contributed by atoms with E-state index < -0.39 is 64.6 Å². The summed E-state index contributed by atoms with van der Waals surface area (Å²) in [5.41, 5.74) is -6.81. The Morgan fingerprint density at radius 1 is 1.12 bits per heavy atom. The number of halogens is 4. The van der Waals surface area contributed by atoms with Gasteiger partial charge in [-0.05, 0) is 30.3 Å². The van der Waals surface area contributed by atoms with Crippen molar-refractivity contribution in [2.45, 2.75) is 15.3 Å². The molecular formula is C16H12ClF3N2O8S2. The van der Waals surface area contributed by atoms with Crippen LogP contribution in [0.5, 0.6) is 5.75 Å². The van der Waals surface area contributed by atoms with Crippen LogP contribution >= 0.6 is 11.6 Å². The van der Waals surface area contributed by atoms with Gasteiger partial charge in [0.2, 0.25) is 0 Å². The molecule has 10 nitrogen and oxygen atoms in total. The van der Waals surface area contributed by atoms with E-state index in [9.17, 15) is 44.9 Å². The lowest BCUT2D eigenvalue weighted by molar-refractivity contribution is -0.386. The van der Waals surface area contributed by atoms with Gasteiger partial charge in [-0.1, -0.05) is 11.6 Å². The molecule has 0 aromatic heterocycles. The minimum atomic E-state index is -5.70. The normalized spacial score (nSPS) is 12.3. The van der Waals surface area contributed by atoms with E-state index in [-0.39, 0.29) is 9.92 Å². The number of carbonyl (C=O) groups excluding carboxylic acids is 1. The van der Waals surface area contributed by atoms with E-state index in [2.05, 4.69) is 0 Å². The van der Waals surface area contributed by atoms with Crippen molar-refractivity contribution >= 4 is 48.6 Å². The van der Waals surface area contributed by atoms with Crippen LogP contribution in [0.2, 0.25) is 5.02 Å². The van der Waals surface area contributed by atoms with Gasteiger partial charge in [-0.3, -0.25) is 14.9 Å². The molecule has 1 N–H and O–H groups in total. The van der Waals surface area contributed by atoms with Crippen molar-refractivity contribution in [3.63, 3.8) is 0 Å². The zero-order valence-electron chi connectivity index (χ0n) is 15.7. The summed E-state index contributed by atoms with van der Waals surface area (Å²) in [7, 11) is -9.47. The number of carbonyl (C=O) groups is 1. The number of amides is 1. The minimum Gasteiger partial charge on any atom is -0.477 e. The van der Waals surface area contributed by atoms with Crippen molar-refractivity contribution in [1.82, 2.24) is 0 Å². The van der Waals surface area contributed by atoms with E-state index >= 15 is 0 Å². The number of nitrogens with one attached hydrogen (secondary N) is 1. The molecule has 2 aromatic rings. The number of nitro groups is 1. The van der Waals surface area contributed by atoms with Gasteiger partial charge in [-0.2, -0.15) is 13.2 Å². The number of rotatable bonds is 7. The summed E-state index contributed by atoms with van der Waals surface area (Å²) in [6, 6.07) is 4.61. The third-order valence-electron chi connectivity index (χ3n) is 3.74. The maximum absolute atomic E-state index is 12.7. The Labute approximate surface area is 183 Å². The summed E-state index contributed by atoms with van der Waals surface area (Å²) < 4.78 is 89.2. The molecule has 0 aliphatic rings. The van der Waals surface area contributed by atoms with E-state index in [1.807, 2.05) is 5.32 Å².